The van der Waals surface area contributed by atoms with Crippen LogP contribution in [0.1, 0.15) is 159 Å². The Labute approximate surface area is 308 Å². The Balaban J connectivity index is 1.16. The number of hydrogen-bond donors (Lipinski definition) is 1. The molecule has 4 aliphatic carbocycles. The predicted octanol–water partition coefficient (Wildman–Crippen LogP) is 11.6. The summed E-state index contributed by atoms with van der Waals surface area (Å²) in [5.74, 6) is 5.07. The number of allylic oxidation sites excluding steroid dienone is 1. The van der Waals surface area contributed by atoms with Gasteiger partial charge in [-0.05, 0) is 132 Å². The summed E-state index contributed by atoms with van der Waals surface area (Å²) >= 11 is 0. The first-order chi connectivity index (χ1) is 23.8. The largest absolute Gasteiger partial charge is 0.446 e. The van der Waals surface area contributed by atoms with Crippen LogP contribution in [0.3, 0.4) is 0 Å². The van der Waals surface area contributed by atoms with Gasteiger partial charge in [0.05, 0.1) is 12.7 Å². The number of carbonyl (C=O) groups excluding carboxylic acids is 1. The molecule has 0 spiro atoms. The molecule has 4 aliphatic rings. The van der Waals surface area contributed by atoms with Crippen LogP contribution < -0.4 is 5.32 Å². The highest BCUT2D eigenvalue weighted by molar-refractivity contribution is 7.44. The Morgan fingerprint density at radius 3 is 2.38 bits per heavy atom. The minimum absolute atomic E-state index is 0.00573. The highest BCUT2D eigenvalue weighted by atomic mass is 31.2. The molecule has 1 unspecified atom stereocenters. The molecule has 0 bridgehead atoms. The molecule has 8 heteroatoms. The molecule has 1 N–H and O–H groups in total. The van der Waals surface area contributed by atoms with Gasteiger partial charge >= 0.3 is 6.09 Å². The van der Waals surface area contributed by atoms with E-state index in [0.29, 0.717) is 18.6 Å². The molecule has 3 fully saturated rings. The topological polar surface area (TPSA) is 83.8 Å². The van der Waals surface area contributed by atoms with Gasteiger partial charge in [0.15, 0.2) is 0 Å². The Morgan fingerprint density at radius 2 is 1.68 bits per heavy atom. The van der Waals surface area contributed by atoms with Gasteiger partial charge in [0.2, 0.25) is 0 Å². The summed E-state index contributed by atoms with van der Waals surface area (Å²) in [5, 5.41) is 12.0. The number of carbonyl (C=O) groups is 1. The molecule has 286 valence electrons. The van der Waals surface area contributed by atoms with Gasteiger partial charge in [0.1, 0.15) is 12.7 Å². The fourth-order valence-electron chi connectivity index (χ4n) is 11.1. The molecule has 50 heavy (non-hydrogen) atoms. The minimum Gasteiger partial charge on any atom is -0.446 e. The first kappa shape index (κ1) is 41.6. The molecule has 0 aromatic carbocycles. The van der Waals surface area contributed by atoms with Crippen LogP contribution in [0.2, 0.25) is 0 Å². The van der Waals surface area contributed by atoms with Crippen LogP contribution in [-0.4, -0.2) is 48.7 Å². The standard InChI is InChI=1S/C42H74N3O4P/c1-30(2)15-14-16-33(7)37-19-20-38-36-18-17-34-29-35(21-23-41(34,8)39(36)22-24-42(37,38)9)49-40(46)44-26-12-10-11-13-27-47-50(48-28-25-43)45(31(3)4)32(5)6/h17,30-33,35-39H,10-16,18-24,26-29H2,1-9H3,(H,44,46)/t33-,35+,36+,37-,38+,39+,41+,42-,50?/m1/s1. The van der Waals surface area contributed by atoms with E-state index >= 15 is 0 Å². The van der Waals surface area contributed by atoms with E-state index < -0.39 is 8.53 Å². The molecular weight excluding hydrogens is 641 g/mol. The van der Waals surface area contributed by atoms with Crippen LogP contribution in [0.4, 0.5) is 4.79 Å². The molecule has 7 nitrogen and oxygen atoms in total. The number of rotatable bonds is 19. The quantitative estimate of drug-likeness (QED) is 0.0814. The number of ether oxygens (including phenoxy) is 1. The van der Waals surface area contributed by atoms with Crippen molar-refractivity contribution in [3.05, 3.63) is 11.6 Å². The maximum Gasteiger partial charge on any atom is 0.407 e. The summed E-state index contributed by atoms with van der Waals surface area (Å²) in [5.41, 5.74) is 2.37. The van der Waals surface area contributed by atoms with E-state index in [1.165, 1.54) is 51.4 Å². The number of fused-ring (bicyclic) bond motifs is 5. The van der Waals surface area contributed by atoms with Gasteiger partial charge in [-0.1, -0.05) is 78.4 Å². The van der Waals surface area contributed by atoms with Crippen molar-refractivity contribution in [2.24, 2.45) is 46.3 Å². The molecule has 4 rings (SSSR count). The highest BCUT2D eigenvalue weighted by Gasteiger charge is 2.59. The Kier molecular flexibility index (Phi) is 16.0. The number of hydrogen-bond acceptors (Lipinski definition) is 6. The van der Waals surface area contributed by atoms with Crippen LogP contribution in [0.25, 0.3) is 0 Å². The smallest absolute Gasteiger partial charge is 0.407 e. The van der Waals surface area contributed by atoms with Crippen molar-refractivity contribution in [2.75, 3.05) is 19.8 Å². The number of nitrogens with zero attached hydrogens (tertiary/aromatic N) is 2. The third kappa shape index (κ3) is 10.3. The second kappa shape index (κ2) is 19.2. The maximum atomic E-state index is 12.8. The van der Waals surface area contributed by atoms with Gasteiger partial charge in [0, 0.05) is 25.0 Å². The van der Waals surface area contributed by atoms with Gasteiger partial charge in [-0.15, -0.1) is 0 Å². The van der Waals surface area contributed by atoms with Gasteiger partial charge in [-0.25, -0.2) is 9.46 Å². The van der Waals surface area contributed by atoms with Crippen LogP contribution in [0.15, 0.2) is 11.6 Å². The van der Waals surface area contributed by atoms with Gasteiger partial charge < -0.3 is 19.1 Å². The third-order valence-corrected chi connectivity index (χ3v) is 15.6. The van der Waals surface area contributed by atoms with Crippen molar-refractivity contribution in [1.82, 2.24) is 9.99 Å². The molecule has 1 amide bonds. The van der Waals surface area contributed by atoms with Crippen molar-refractivity contribution in [1.29, 1.82) is 5.26 Å². The third-order valence-electron chi connectivity index (χ3n) is 13.6. The van der Waals surface area contributed by atoms with Crippen molar-refractivity contribution >= 4 is 14.6 Å². The highest BCUT2D eigenvalue weighted by Crippen LogP contribution is 2.67. The summed E-state index contributed by atoms with van der Waals surface area (Å²) in [6.45, 7) is 22.4. The molecule has 0 heterocycles. The average molecular weight is 716 g/mol. The molecule has 0 saturated heterocycles. The summed E-state index contributed by atoms with van der Waals surface area (Å²) < 4.78 is 20.1. The SMILES string of the molecule is CC(C)CCC[C@@H](C)[C@H]1CC[C@H]2[C@@H]3CC=C4C[C@@H](OC(=O)NCCCCCCOP(OCC#N)N(C(C)C)C(C)C)CC[C@]4(C)[C@H]3CC[C@]12C. The van der Waals surface area contributed by atoms with E-state index in [1.807, 2.05) is 0 Å². The van der Waals surface area contributed by atoms with E-state index in [1.54, 1.807) is 5.57 Å². The fourth-order valence-corrected chi connectivity index (χ4v) is 12.6. The molecule has 9 atom stereocenters. The lowest BCUT2D eigenvalue weighted by atomic mass is 9.47. The van der Waals surface area contributed by atoms with Gasteiger partial charge in [-0.3, -0.25) is 0 Å². The lowest BCUT2D eigenvalue weighted by molar-refractivity contribution is -0.0581. The van der Waals surface area contributed by atoms with E-state index in [9.17, 15) is 4.79 Å². The zero-order valence-electron chi connectivity index (χ0n) is 33.5. The molecule has 0 aromatic rings. The van der Waals surface area contributed by atoms with E-state index in [4.69, 9.17) is 19.0 Å². The van der Waals surface area contributed by atoms with Crippen LogP contribution in [-0.2, 0) is 13.8 Å². The Hall–Kier alpha value is -1.19. The predicted molar refractivity (Wildman–Crippen MR) is 206 cm³/mol. The maximum absolute atomic E-state index is 12.8. The summed E-state index contributed by atoms with van der Waals surface area (Å²) in [4.78, 5) is 12.8. The first-order valence-electron chi connectivity index (χ1n) is 20.7. The summed E-state index contributed by atoms with van der Waals surface area (Å²) in [6.07, 6.45) is 20.3. The van der Waals surface area contributed by atoms with Crippen molar-refractivity contribution < 1.29 is 18.6 Å². The van der Waals surface area contributed by atoms with Gasteiger partial charge in [-0.2, -0.15) is 5.26 Å². The van der Waals surface area contributed by atoms with E-state index in [0.717, 1.165) is 80.5 Å². The number of amides is 1. The van der Waals surface area contributed by atoms with E-state index in [-0.39, 0.29) is 36.3 Å². The first-order valence-corrected chi connectivity index (χ1v) is 21.8. The number of unbranched alkanes of at least 4 members (excludes halogenated alkanes) is 3. The average Bonchev–Trinajstić information content (AvgIpc) is 3.41. The zero-order valence-corrected chi connectivity index (χ0v) is 34.4. The molecule has 0 radical (unpaired) electrons. The second-order valence-corrected chi connectivity index (χ2v) is 19.4. The summed E-state index contributed by atoms with van der Waals surface area (Å²) in [7, 11) is -1.25. The molecule has 0 aromatic heterocycles. The van der Waals surface area contributed by atoms with Crippen molar-refractivity contribution in [2.45, 2.75) is 177 Å². The second-order valence-electron chi connectivity index (χ2n) is 18.0. The van der Waals surface area contributed by atoms with Crippen LogP contribution in [0.5, 0.6) is 0 Å². The summed E-state index contributed by atoms with van der Waals surface area (Å²) in [6, 6.07) is 2.63. The molecule has 0 aliphatic heterocycles. The Bertz CT molecular complexity index is 1130. The number of nitriles is 1. The normalized spacial score (nSPS) is 31.9. The molecule has 3 saturated carbocycles. The van der Waals surface area contributed by atoms with Crippen molar-refractivity contribution in [3.8, 4) is 6.07 Å². The Morgan fingerprint density at radius 1 is 0.940 bits per heavy atom. The zero-order chi connectivity index (χ0) is 36.5. The lowest BCUT2D eigenvalue weighted by Gasteiger charge is -2.58. The van der Waals surface area contributed by atoms with Gasteiger partial charge in [0.25, 0.3) is 8.53 Å². The van der Waals surface area contributed by atoms with Crippen LogP contribution >= 0.6 is 8.53 Å². The number of nitrogens with one attached hydrogen (secondary N) is 1. The van der Waals surface area contributed by atoms with E-state index in [2.05, 4.69) is 84.4 Å². The lowest BCUT2D eigenvalue weighted by Crippen LogP contribution is -2.51. The fraction of sp³-hybridized carbons (Fsp3) is 0.905. The minimum atomic E-state index is -1.25. The van der Waals surface area contributed by atoms with Crippen molar-refractivity contribution in [3.63, 3.8) is 0 Å². The van der Waals surface area contributed by atoms with Crippen LogP contribution in [0, 0.1) is 57.7 Å². The number of alkyl carbamates (subject to hydrolysis) is 1. The molecular formula is C42H74N3O4P. The monoisotopic (exact) mass is 716 g/mol.